The van der Waals surface area contributed by atoms with Gasteiger partial charge in [0.2, 0.25) is 0 Å². The lowest BCUT2D eigenvalue weighted by atomic mass is 10.1. The second kappa shape index (κ2) is 8.61. The summed E-state index contributed by atoms with van der Waals surface area (Å²) in [6, 6.07) is 2.54. The molecule has 1 heterocycles. The fourth-order valence-corrected chi connectivity index (χ4v) is 2.80. The second-order valence-corrected chi connectivity index (χ2v) is 6.10. The van der Waals surface area contributed by atoms with Crippen LogP contribution in [-0.4, -0.2) is 22.5 Å². The molecule has 0 bridgehead atoms. The van der Waals surface area contributed by atoms with Crippen molar-refractivity contribution in [3.8, 4) is 11.3 Å². The predicted molar refractivity (Wildman–Crippen MR) is 97.3 cm³/mol. The van der Waals surface area contributed by atoms with Crippen molar-refractivity contribution in [3.63, 3.8) is 0 Å². The molecular weight excluding hydrogens is 390 g/mol. The van der Waals surface area contributed by atoms with Crippen molar-refractivity contribution >= 4 is 46.8 Å². The van der Waals surface area contributed by atoms with E-state index in [1.165, 1.54) is 18.5 Å². The molecule has 2 rings (SSSR count). The summed E-state index contributed by atoms with van der Waals surface area (Å²) >= 11 is 18.2. The molecule has 0 unspecified atom stereocenters. The molecule has 0 aliphatic carbocycles. The summed E-state index contributed by atoms with van der Waals surface area (Å²) in [7, 11) is 0. The third-order valence-corrected chi connectivity index (χ3v) is 4.28. The molecule has 0 amide bonds. The molecule has 0 N–H and O–H groups in total. The molecule has 0 atom stereocenters. The van der Waals surface area contributed by atoms with Gasteiger partial charge in [-0.2, -0.15) is 0 Å². The van der Waals surface area contributed by atoms with Crippen LogP contribution < -0.4 is 0 Å². The van der Waals surface area contributed by atoms with E-state index in [9.17, 15) is 9.18 Å². The van der Waals surface area contributed by atoms with Crippen LogP contribution in [0.5, 0.6) is 0 Å². The lowest BCUT2D eigenvalue weighted by molar-refractivity contribution is -0.137. The minimum absolute atomic E-state index is 0.0876. The maximum absolute atomic E-state index is 14.4. The van der Waals surface area contributed by atoms with E-state index in [0.29, 0.717) is 17.7 Å². The van der Waals surface area contributed by atoms with E-state index in [-0.39, 0.29) is 32.9 Å². The van der Waals surface area contributed by atoms with Gasteiger partial charge in [-0.3, -0.25) is 0 Å². The highest BCUT2D eigenvalue weighted by Gasteiger charge is 2.17. The third kappa shape index (κ3) is 4.48. The second-order valence-electron chi connectivity index (χ2n) is 4.90. The zero-order valence-corrected chi connectivity index (χ0v) is 15.7. The molecule has 0 fully saturated rings. The quantitative estimate of drug-likeness (QED) is 0.502. The average molecular weight is 404 g/mol. The van der Waals surface area contributed by atoms with Crippen molar-refractivity contribution in [1.29, 1.82) is 0 Å². The summed E-state index contributed by atoms with van der Waals surface area (Å²) in [6.45, 7) is 3.72. The van der Waals surface area contributed by atoms with Gasteiger partial charge >= 0.3 is 5.97 Å². The van der Waals surface area contributed by atoms with Crippen molar-refractivity contribution in [2.45, 2.75) is 20.3 Å². The number of aryl methyl sites for hydroxylation is 1. The number of benzene rings is 1. The fourth-order valence-electron chi connectivity index (χ4n) is 2.09. The van der Waals surface area contributed by atoms with Gasteiger partial charge in [0, 0.05) is 5.56 Å². The lowest BCUT2D eigenvalue weighted by Crippen LogP contribution is -2.03. The number of halogens is 4. The van der Waals surface area contributed by atoms with Gasteiger partial charge in [0.15, 0.2) is 0 Å². The smallest absolute Gasteiger partial charge is 0.349 e. The topological polar surface area (TPSA) is 52.1 Å². The first-order valence-electron chi connectivity index (χ1n) is 7.42. The number of hydrogen-bond donors (Lipinski definition) is 0. The number of ether oxygens (including phenoxy) is 1. The van der Waals surface area contributed by atoms with Crippen LogP contribution in [0.25, 0.3) is 17.3 Å². The molecule has 132 valence electrons. The molecule has 0 aliphatic heterocycles. The van der Waals surface area contributed by atoms with E-state index in [1.54, 1.807) is 6.92 Å². The Kier molecular flexibility index (Phi) is 6.76. The minimum atomic E-state index is -0.695. The number of hydrogen-bond acceptors (Lipinski definition) is 4. The van der Waals surface area contributed by atoms with E-state index in [4.69, 9.17) is 39.5 Å². The molecule has 0 spiro atoms. The van der Waals surface area contributed by atoms with Crippen LogP contribution in [0, 0.1) is 5.82 Å². The van der Waals surface area contributed by atoms with Gasteiger partial charge in [-0.05, 0) is 37.1 Å². The lowest BCUT2D eigenvalue weighted by Gasteiger charge is -2.10. The van der Waals surface area contributed by atoms with Crippen LogP contribution in [0.15, 0.2) is 23.5 Å². The zero-order valence-electron chi connectivity index (χ0n) is 13.4. The van der Waals surface area contributed by atoms with Crippen molar-refractivity contribution < 1.29 is 13.9 Å². The molecule has 1 aromatic carbocycles. The molecule has 0 radical (unpaired) electrons. The number of aromatic nitrogens is 2. The average Bonchev–Trinajstić information content (AvgIpc) is 2.58. The van der Waals surface area contributed by atoms with Crippen molar-refractivity contribution in [3.05, 3.63) is 50.6 Å². The summed E-state index contributed by atoms with van der Waals surface area (Å²) in [5.41, 5.74) is 1.31. The number of nitrogens with zero attached hydrogens (tertiary/aromatic N) is 2. The van der Waals surface area contributed by atoms with Gasteiger partial charge in [-0.25, -0.2) is 19.2 Å². The van der Waals surface area contributed by atoms with E-state index in [2.05, 4.69) is 9.97 Å². The number of carbonyl (C=O) groups is 1. The first-order chi connectivity index (χ1) is 11.9. The summed E-state index contributed by atoms with van der Waals surface area (Å²) < 4.78 is 19.2. The zero-order chi connectivity index (χ0) is 18.6. The van der Waals surface area contributed by atoms with Crippen LogP contribution in [-0.2, 0) is 16.0 Å². The number of esters is 1. The number of carbonyl (C=O) groups excluding carboxylic acids is 1. The predicted octanol–water partition coefficient (Wildman–Crippen LogP) is 5.29. The number of rotatable bonds is 5. The summed E-state index contributed by atoms with van der Waals surface area (Å²) in [4.78, 5) is 19.8. The molecule has 0 saturated carbocycles. The van der Waals surface area contributed by atoms with E-state index < -0.39 is 11.8 Å². The van der Waals surface area contributed by atoms with Crippen molar-refractivity contribution in [1.82, 2.24) is 9.97 Å². The van der Waals surface area contributed by atoms with E-state index >= 15 is 0 Å². The molecule has 8 heteroatoms. The van der Waals surface area contributed by atoms with E-state index in [1.807, 2.05) is 6.92 Å². The van der Waals surface area contributed by atoms with Crippen LogP contribution in [0.1, 0.15) is 25.1 Å². The fraction of sp³-hybridized carbons (Fsp3) is 0.235. The molecule has 0 saturated heterocycles. The molecule has 4 nitrogen and oxygen atoms in total. The first kappa shape index (κ1) is 19.6. The highest BCUT2D eigenvalue weighted by molar-refractivity contribution is 6.43. The van der Waals surface area contributed by atoms with Crippen molar-refractivity contribution in [2.75, 3.05) is 6.61 Å². The summed E-state index contributed by atoms with van der Waals surface area (Å²) in [5.74, 6) is -1.29. The largest absolute Gasteiger partial charge is 0.462 e. The van der Waals surface area contributed by atoms with Crippen molar-refractivity contribution in [2.24, 2.45) is 0 Å². The third-order valence-electron chi connectivity index (χ3n) is 3.29. The highest BCUT2D eigenvalue weighted by atomic mass is 35.5. The Morgan fingerprint density at radius 1 is 1.28 bits per heavy atom. The maximum Gasteiger partial charge on any atom is 0.349 e. The Bertz CT molecular complexity index is 841. The Morgan fingerprint density at radius 2 is 2.00 bits per heavy atom. The Balaban J connectivity index is 2.56. The molecule has 2 aromatic rings. The van der Waals surface area contributed by atoms with Gasteiger partial charge in [0.25, 0.3) is 0 Å². The van der Waals surface area contributed by atoms with Gasteiger partial charge in [0.05, 0.1) is 28.0 Å². The summed E-state index contributed by atoms with van der Waals surface area (Å²) in [5, 5.41) is 0.173. The molecular formula is C17H14Cl3FN2O2. The van der Waals surface area contributed by atoms with Gasteiger partial charge in [-0.15, -0.1) is 0 Å². The van der Waals surface area contributed by atoms with Crippen LogP contribution in [0.4, 0.5) is 4.39 Å². The Hall–Kier alpha value is -1.69. The minimum Gasteiger partial charge on any atom is -0.462 e. The normalized spacial score (nSPS) is 11.5. The first-order valence-corrected chi connectivity index (χ1v) is 8.55. The van der Waals surface area contributed by atoms with Gasteiger partial charge < -0.3 is 4.74 Å². The standard InChI is InChI=1S/C17H14Cl3FN2O2/c1-3-14-15(20)16(23-8-22-14)10-5-9(11(18)7-13(10)21)6-12(19)17(24)25-4-2/h5-8H,3-4H2,1-2H3/b12-6-. The van der Waals surface area contributed by atoms with Gasteiger partial charge in [0.1, 0.15) is 17.2 Å². The Morgan fingerprint density at radius 3 is 2.64 bits per heavy atom. The highest BCUT2D eigenvalue weighted by Crippen LogP contribution is 2.33. The van der Waals surface area contributed by atoms with Gasteiger partial charge in [-0.1, -0.05) is 41.7 Å². The SMILES string of the molecule is CCOC(=O)/C(Cl)=C/c1cc(-c2ncnc(CC)c2Cl)c(F)cc1Cl. The molecule has 25 heavy (non-hydrogen) atoms. The molecule has 1 aromatic heterocycles. The van der Waals surface area contributed by atoms with E-state index in [0.717, 1.165) is 6.07 Å². The van der Waals surface area contributed by atoms with Crippen LogP contribution in [0.3, 0.4) is 0 Å². The maximum atomic E-state index is 14.4. The Labute approximate surface area is 159 Å². The monoisotopic (exact) mass is 402 g/mol. The molecule has 0 aliphatic rings. The summed E-state index contributed by atoms with van der Waals surface area (Å²) in [6.07, 6.45) is 3.20. The van der Waals surface area contributed by atoms with Crippen LogP contribution >= 0.6 is 34.8 Å². The van der Waals surface area contributed by atoms with Crippen LogP contribution in [0.2, 0.25) is 10.0 Å².